The van der Waals surface area contributed by atoms with Gasteiger partial charge in [-0.3, -0.25) is 4.79 Å². The molecule has 5 nitrogen and oxygen atoms in total. The number of nitrogens with zero attached hydrogens (tertiary/aromatic N) is 4. The highest BCUT2D eigenvalue weighted by Crippen LogP contribution is 2.23. The molecule has 0 spiro atoms. The van der Waals surface area contributed by atoms with Gasteiger partial charge in [-0.2, -0.15) is 4.68 Å². The molecule has 118 valence electrons. The summed E-state index contributed by atoms with van der Waals surface area (Å²) in [6, 6.07) is 9.81. The van der Waals surface area contributed by atoms with Crippen LogP contribution >= 0.6 is 23.1 Å². The largest absolute Gasteiger partial charge is 0.292 e. The second-order valence-corrected chi connectivity index (χ2v) is 6.80. The summed E-state index contributed by atoms with van der Waals surface area (Å²) in [6.45, 7) is 2.06. The maximum Gasteiger partial charge on any atom is 0.214 e. The van der Waals surface area contributed by atoms with Crippen LogP contribution in [0.4, 0.5) is 4.39 Å². The van der Waals surface area contributed by atoms with Crippen LogP contribution in [0.25, 0.3) is 5.69 Å². The van der Waals surface area contributed by atoms with E-state index in [2.05, 4.69) is 22.4 Å². The molecule has 2 aromatic heterocycles. The van der Waals surface area contributed by atoms with E-state index in [1.165, 1.54) is 44.8 Å². The van der Waals surface area contributed by atoms with Crippen molar-refractivity contribution in [2.24, 2.45) is 0 Å². The van der Waals surface area contributed by atoms with E-state index < -0.39 is 0 Å². The van der Waals surface area contributed by atoms with Gasteiger partial charge in [0.15, 0.2) is 5.78 Å². The third-order valence-electron chi connectivity index (χ3n) is 3.11. The van der Waals surface area contributed by atoms with E-state index in [1.807, 2.05) is 12.1 Å². The van der Waals surface area contributed by atoms with Crippen LogP contribution in [0.5, 0.6) is 0 Å². The molecule has 2 heterocycles. The van der Waals surface area contributed by atoms with Gasteiger partial charge >= 0.3 is 0 Å². The van der Waals surface area contributed by atoms with Crippen LogP contribution in [0.1, 0.15) is 21.5 Å². The van der Waals surface area contributed by atoms with Gasteiger partial charge in [-0.1, -0.05) is 24.8 Å². The molecule has 0 saturated carbocycles. The second kappa shape index (κ2) is 7.01. The van der Waals surface area contributed by atoms with E-state index in [9.17, 15) is 9.18 Å². The monoisotopic (exact) mass is 348 g/mol. The van der Waals surface area contributed by atoms with Crippen LogP contribution in [-0.4, -0.2) is 31.7 Å². The average molecular weight is 348 g/mol. The fourth-order valence-corrected chi connectivity index (χ4v) is 3.71. The number of thioether (sulfide) groups is 1. The number of thiophene rings is 1. The summed E-state index contributed by atoms with van der Waals surface area (Å²) in [5.74, 6) is -0.0940. The van der Waals surface area contributed by atoms with Crippen molar-refractivity contribution in [1.29, 1.82) is 0 Å². The maximum absolute atomic E-state index is 13.3. The van der Waals surface area contributed by atoms with Gasteiger partial charge in [0.1, 0.15) is 5.82 Å². The van der Waals surface area contributed by atoms with E-state index in [4.69, 9.17) is 0 Å². The number of Topliss-reactive ketones (excluding diaryl/α,β-unsaturated/α-hetero) is 1. The summed E-state index contributed by atoms with van der Waals surface area (Å²) in [5.41, 5.74) is 0.523. The van der Waals surface area contributed by atoms with Gasteiger partial charge in [-0.15, -0.1) is 16.4 Å². The zero-order valence-corrected chi connectivity index (χ0v) is 13.9. The molecule has 0 radical (unpaired) electrons. The number of aryl methyl sites for hydroxylation is 1. The van der Waals surface area contributed by atoms with Gasteiger partial charge in [0.2, 0.25) is 5.16 Å². The first-order valence-electron chi connectivity index (χ1n) is 6.96. The summed E-state index contributed by atoms with van der Waals surface area (Å²) in [4.78, 5) is 14.1. The number of halogens is 1. The van der Waals surface area contributed by atoms with Gasteiger partial charge in [0, 0.05) is 4.88 Å². The smallest absolute Gasteiger partial charge is 0.214 e. The Labute approximate surface area is 140 Å². The third kappa shape index (κ3) is 3.65. The van der Waals surface area contributed by atoms with Gasteiger partial charge in [-0.05, 0) is 47.2 Å². The molecule has 0 unspecified atom stereocenters. The number of carbonyl (C=O) groups excluding carboxylic acids is 1. The number of hydrogen-bond donors (Lipinski definition) is 0. The van der Waals surface area contributed by atoms with E-state index >= 15 is 0 Å². The lowest BCUT2D eigenvalue weighted by atomic mass is 10.3. The Kier molecular flexibility index (Phi) is 4.82. The topological polar surface area (TPSA) is 60.7 Å². The zero-order chi connectivity index (χ0) is 16.2. The molecule has 0 atom stereocenters. The lowest BCUT2D eigenvalue weighted by Gasteiger charge is -2.03. The minimum Gasteiger partial charge on any atom is -0.292 e. The quantitative estimate of drug-likeness (QED) is 0.505. The molecule has 0 aliphatic heterocycles. The predicted octanol–water partition coefficient (Wildman–Crippen LogP) is 3.40. The number of benzene rings is 1. The summed E-state index contributed by atoms with van der Waals surface area (Å²) in [6.07, 6.45) is 0.920. The Balaban J connectivity index is 1.72. The Morgan fingerprint density at radius 1 is 1.35 bits per heavy atom. The molecular formula is C15H13FN4OS2. The molecule has 3 aromatic rings. The maximum atomic E-state index is 13.3. The molecule has 3 rings (SSSR count). The van der Waals surface area contributed by atoms with Crippen molar-refractivity contribution in [2.75, 3.05) is 5.75 Å². The third-order valence-corrected chi connectivity index (χ3v) is 5.30. The molecule has 23 heavy (non-hydrogen) atoms. The van der Waals surface area contributed by atoms with E-state index in [1.54, 1.807) is 12.1 Å². The fourth-order valence-electron chi connectivity index (χ4n) is 1.96. The van der Waals surface area contributed by atoms with Crippen molar-refractivity contribution >= 4 is 28.9 Å². The standard InChI is InChI=1S/C15H13FN4OS2/c1-2-12-6-7-14(23-12)13(21)9-22-15-17-18-19-20(15)11-5-3-4-10(16)8-11/h3-8H,2,9H2,1H3. The fraction of sp³-hybridized carbons (Fsp3) is 0.200. The second-order valence-electron chi connectivity index (χ2n) is 4.68. The first-order chi connectivity index (χ1) is 11.2. The molecule has 0 bridgehead atoms. The van der Waals surface area contributed by atoms with Crippen molar-refractivity contribution in [1.82, 2.24) is 20.2 Å². The number of carbonyl (C=O) groups is 1. The van der Waals surface area contributed by atoms with Crippen molar-refractivity contribution in [3.63, 3.8) is 0 Å². The molecule has 8 heteroatoms. The zero-order valence-electron chi connectivity index (χ0n) is 12.3. The van der Waals surface area contributed by atoms with Crippen LogP contribution in [0.2, 0.25) is 0 Å². The molecule has 1 aromatic carbocycles. The van der Waals surface area contributed by atoms with Gasteiger partial charge < -0.3 is 0 Å². The SMILES string of the molecule is CCc1ccc(C(=O)CSc2nnnn2-c2cccc(F)c2)s1. The molecule has 0 N–H and O–H groups in total. The Hall–Kier alpha value is -2.06. The van der Waals surface area contributed by atoms with Crippen molar-refractivity contribution in [2.45, 2.75) is 18.5 Å². The Morgan fingerprint density at radius 2 is 2.22 bits per heavy atom. The molecule has 0 aliphatic carbocycles. The van der Waals surface area contributed by atoms with Gasteiger partial charge in [0.05, 0.1) is 16.3 Å². The molecule has 0 fully saturated rings. The van der Waals surface area contributed by atoms with E-state index in [0.29, 0.717) is 10.8 Å². The highest BCUT2D eigenvalue weighted by Gasteiger charge is 2.14. The number of hydrogen-bond acceptors (Lipinski definition) is 6. The molecular weight excluding hydrogens is 335 g/mol. The normalized spacial score (nSPS) is 10.9. The Morgan fingerprint density at radius 3 is 2.96 bits per heavy atom. The lowest BCUT2D eigenvalue weighted by molar-refractivity contribution is 0.102. The number of aromatic nitrogens is 4. The first kappa shape index (κ1) is 15.8. The van der Waals surface area contributed by atoms with Crippen LogP contribution in [0, 0.1) is 5.82 Å². The van der Waals surface area contributed by atoms with Gasteiger partial charge in [0.25, 0.3) is 0 Å². The van der Waals surface area contributed by atoms with E-state index in [-0.39, 0.29) is 17.4 Å². The summed E-state index contributed by atoms with van der Waals surface area (Å²) < 4.78 is 14.7. The highest BCUT2D eigenvalue weighted by molar-refractivity contribution is 7.99. The average Bonchev–Trinajstić information content (AvgIpc) is 3.21. The number of tetrazole rings is 1. The highest BCUT2D eigenvalue weighted by atomic mass is 32.2. The van der Waals surface area contributed by atoms with Crippen LogP contribution in [0.3, 0.4) is 0 Å². The van der Waals surface area contributed by atoms with Crippen molar-refractivity contribution in [3.8, 4) is 5.69 Å². The number of ketones is 1. The minimum absolute atomic E-state index is 0.0356. The molecule has 0 saturated heterocycles. The summed E-state index contributed by atoms with van der Waals surface area (Å²) in [5, 5.41) is 11.8. The van der Waals surface area contributed by atoms with Crippen molar-refractivity contribution < 1.29 is 9.18 Å². The lowest BCUT2D eigenvalue weighted by Crippen LogP contribution is -2.03. The molecule has 0 aliphatic rings. The summed E-state index contributed by atoms with van der Waals surface area (Å²) >= 11 is 2.75. The van der Waals surface area contributed by atoms with E-state index in [0.717, 1.165) is 11.3 Å². The number of rotatable bonds is 6. The van der Waals surface area contributed by atoms with Crippen molar-refractivity contribution in [3.05, 3.63) is 52.0 Å². The predicted molar refractivity (Wildman–Crippen MR) is 87.9 cm³/mol. The minimum atomic E-state index is -0.365. The van der Waals surface area contributed by atoms with Gasteiger partial charge in [-0.25, -0.2) is 4.39 Å². The molecule has 0 amide bonds. The summed E-state index contributed by atoms with van der Waals surface area (Å²) in [7, 11) is 0. The Bertz CT molecular complexity index is 830. The van der Waals surface area contributed by atoms with Crippen LogP contribution in [0.15, 0.2) is 41.6 Å². The first-order valence-corrected chi connectivity index (χ1v) is 8.76. The van der Waals surface area contributed by atoms with Crippen LogP contribution < -0.4 is 0 Å². The van der Waals surface area contributed by atoms with Crippen LogP contribution in [-0.2, 0) is 6.42 Å².